The van der Waals surface area contributed by atoms with Crippen LogP contribution in [0.5, 0.6) is 0 Å². The number of ether oxygens (including phenoxy) is 1. The summed E-state index contributed by atoms with van der Waals surface area (Å²) in [6.07, 6.45) is -0.263. The maximum absolute atomic E-state index is 12.6. The Kier molecular flexibility index (Phi) is 4.55. The van der Waals surface area contributed by atoms with Crippen LogP contribution in [0.3, 0.4) is 0 Å². The average molecular weight is 352 g/mol. The molecular weight excluding hydrogens is 332 g/mol. The fourth-order valence-electron chi connectivity index (χ4n) is 2.95. The van der Waals surface area contributed by atoms with Gasteiger partial charge in [0.05, 0.1) is 17.2 Å². The van der Waals surface area contributed by atoms with Crippen molar-refractivity contribution in [2.75, 3.05) is 40.3 Å². The van der Waals surface area contributed by atoms with E-state index in [1.54, 1.807) is 24.4 Å². The zero-order chi connectivity index (χ0) is 17.4. The molecule has 1 aromatic rings. The monoisotopic (exact) mass is 352 g/mol. The first-order chi connectivity index (χ1) is 11.4. The normalized spacial score (nSPS) is 23.4. The Morgan fingerprint density at radius 1 is 1.42 bits per heavy atom. The van der Waals surface area contributed by atoms with E-state index < -0.39 is 0 Å². The first-order valence-electron chi connectivity index (χ1n) is 7.69. The van der Waals surface area contributed by atoms with Crippen LogP contribution in [-0.4, -0.2) is 89.9 Å². The molecule has 2 saturated heterocycles. The number of hydrogen-bond acceptors (Lipinski definition) is 6. The van der Waals surface area contributed by atoms with Crippen LogP contribution in [-0.2, 0) is 14.3 Å². The van der Waals surface area contributed by atoms with Gasteiger partial charge < -0.3 is 19.4 Å². The van der Waals surface area contributed by atoms with E-state index in [9.17, 15) is 14.4 Å². The number of carbonyl (C=O) groups is 3. The van der Waals surface area contributed by atoms with E-state index in [0.29, 0.717) is 18.8 Å². The van der Waals surface area contributed by atoms with Gasteiger partial charge in [-0.3, -0.25) is 14.4 Å². The number of aryl methyl sites for hydroxylation is 1. The highest BCUT2D eigenvalue weighted by molar-refractivity contribution is 7.09. The second-order valence-electron chi connectivity index (χ2n) is 6.19. The minimum Gasteiger partial charge on any atom is -0.364 e. The molecule has 0 aliphatic carbocycles. The van der Waals surface area contributed by atoms with Crippen LogP contribution in [0.1, 0.15) is 15.5 Å². The summed E-state index contributed by atoms with van der Waals surface area (Å²) in [7, 11) is 3.31. The molecule has 3 amide bonds. The van der Waals surface area contributed by atoms with Crippen LogP contribution < -0.4 is 0 Å². The smallest absolute Gasteiger partial charge is 0.273 e. The van der Waals surface area contributed by atoms with E-state index in [2.05, 4.69) is 4.98 Å². The number of fused-ring (bicyclic) bond motifs is 1. The molecule has 2 aliphatic heterocycles. The molecule has 0 saturated carbocycles. The summed E-state index contributed by atoms with van der Waals surface area (Å²) in [6.45, 7) is 2.56. The number of likely N-dealkylation sites (N-methyl/N-ethyl adjacent to an activating group) is 1. The Morgan fingerprint density at radius 3 is 2.79 bits per heavy atom. The average Bonchev–Trinajstić information content (AvgIpc) is 3.15. The lowest BCUT2D eigenvalue weighted by Crippen LogP contribution is -2.56. The predicted molar refractivity (Wildman–Crippen MR) is 86.7 cm³/mol. The van der Waals surface area contributed by atoms with E-state index >= 15 is 0 Å². The van der Waals surface area contributed by atoms with E-state index in [0.717, 1.165) is 5.01 Å². The summed E-state index contributed by atoms with van der Waals surface area (Å²) >= 11 is 1.42. The number of rotatable bonds is 3. The zero-order valence-corrected chi connectivity index (χ0v) is 14.7. The van der Waals surface area contributed by atoms with Gasteiger partial charge in [0.2, 0.25) is 11.8 Å². The van der Waals surface area contributed by atoms with Crippen LogP contribution in [0, 0.1) is 6.92 Å². The molecule has 2 fully saturated rings. The summed E-state index contributed by atoms with van der Waals surface area (Å²) in [5.41, 5.74) is 0.415. The van der Waals surface area contributed by atoms with Crippen molar-refractivity contribution < 1.29 is 19.1 Å². The Balaban J connectivity index is 1.73. The van der Waals surface area contributed by atoms with Gasteiger partial charge in [0, 0.05) is 32.6 Å². The number of likely N-dealkylation sites (tertiary alicyclic amines) is 1. The SMILES string of the molecule is Cc1nc(C(=O)N2C[C@@H]3[C@@H](C2)OCC(=O)N3CC(=O)N(C)C)cs1. The van der Waals surface area contributed by atoms with Crippen molar-refractivity contribution in [3.8, 4) is 0 Å². The first-order valence-corrected chi connectivity index (χ1v) is 8.57. The van der Waals surface area contributed by atoms with Crippen molar-refractivity contribution >= 4 is 29.1 Å². The Morgan fingerprint density at radius 2 is 2.17 bits per heavy atom. The van der Waals surface area contributed by atoms with Gasteiger partial charge in [-0.25, -0.2) is 4.98 Å². The molecule has 0 aromatic carbocycles. The Labute approximate surface area is 144 Å². The standard InChI is InChI=1S/C15H20N4O4S/c1-9-16-10(8-24-9)15(22)18-4-11-12(5-18)23-7-14(21)19(11)6-13(20)17(2)3/h8,11-12H,4-7H2,1-3H3/t11-,12-/m1/s1. The Hall–Kier alpha value is -2.00. The van der Waals surface area contributed by atoms with Crippen molar-refractivity contribution in [1.82, 2.24) is 19.7 Å². The van der Waals surface area contributed by atoms with Crippen molar-refractivity contribution in [1.29, 1.82) is 0 Å². The van der Waals surface area contributed by atoms with Crippen LogP contribution in [0.15, 0.2) is 5.38 Å². The summed E-state index contributed by atoms with van der Waals surface area (Å²) < 4.78 is 5.58. The number of hydrogen-bond donors (Lipinski definition) is 0. The highest BCUT2D eigenvalue weighted by Gasteiger charge is 2.45. The van der Waals surface area contributed by atoms with Gasteiger partial charge in [0.15, 0.2) is 0 Å². The summed E-state index contributed by atoms with van der Waals surface area (Å²) in [5.74, 6) is -0.530. The first kappa shape index (κ1) is 16.8. The maximum Gasteiger partial charge on any atom is 0.273 e. The van der Waals surface area contributed by atoms with Crippen LogP contribution in [0.25, 0.3) is 0 Å². The fraction of sp³-hybridized carbons (Fsp3) is 0.600. The van der Waals surface area contributed by atoms with Gasteiger partial charge in [-0.1, -0.05) is 0 Å². The highest BCUT2D eigenvalue weighted by Crippen LogP contribution is 2.25. The molecule has 24 heavy (non-hydrogen) atoms. The van der Waals surface area contributed by atoms with E-state index in [1.165, 1.54) is 21.1 Å². The molecule has 0 N–H and O–H groups in total. The molecule has 0 radical (unpaired) electrons. The maximum atomic E-state index is 12.6. The van der Waals surface area contributed by atoms with E-state index in [-0.39, 0.29) is 43.0 Å². The minimum absolute atomic E-state index is 0.00813. The minimum atomic E-state index is -0.293. The summed E-state index contributed by atoms with van der Waals surface area (Å²) in [4.78, 5) is 45.6. The molecule has 0 bridgehead atoms. The molecule has 2 aliphatic rings. The van der Waals surface area contributed by atoms with Crippen molar-refractivity contribution in [2.24, 2.45) is 0 Å². The second kappa shape index (κ2) is 6.48. The topological polar surface area (TPSA) is 83.0 Å². The lowest BCUT2D eigenvalue weighted by atomic mass is 10.1. The largest absolute Gasteiger partial charge is 0.364 e. The molecule has 0 unspecified atom stereocenters. The quantitative estimate of drug-likeness (QED) is 0.739. The predicted octanol–water partition coefficient (Wildman–Crippen LogP) is -0.408. The van der Waals surface area contributed by atoms with Crippen LogP contribution in [0.4, 0.5) is 0 Å². The number of morpholine rings is 1. The van der Waals surface area contributed by atoms with Crippen molar-refractivity contribution in [2.45, 2.75) is 19.1 Å². The highest BCUT2D eigenvalue weighted by atomic mass is 32.1. The van der Waals surface area contributed by atoms with E-state index in [4.69, 9.17) is 4.74 Å². The molecule has 8 nitrogen and oxygen atoms in total. The number of nitrogens with zero attached hydrogens (tertiary/aromatic N) is 4. The van der Waals surface area contributed by atoms with Gasteiger partial charge >= 0.3 is 0 Å². The molecule has 2 atom stereocenters. The summed E-state index contributed by atoms with van der Waals surface area (Å²) in [6, 6.07) is -0.293. The third kappa shape index (κ3) is 3.13. The molecule has 1 aromatic heterocycles. The number of amides is 3. The van der Waals surface area contributed by atoms with Crippen molar-refractivity contribution in [3.05, 3.63) is 16.1 Å². The fourth-order valence-corrected chi connectivity index (χ4v) is 3.53. The molecular formula is C15H20N4O4S. The molecule has 3 heterocycles. The van der Waals surface area contributed by atoms with Gasteiger partial charge in [-0.15, -0.1) is 11.3 Å². The zero-order valence-electron chi connectivity index (χ0n) is 13.9. The van der Waals surface area contributed by atoms with E-state index in [1.807, 2.05) is 6.92 Å². The summed E-state index contributed by atoms with van der Waals surface area (Å²) in [5, 5.41) is 2.57. The number of carbonyl (C=O) groups excluding carboxylic acids is 3. The van der Waals surface area contributed by atoms with Gasteiger partial charge in [-0.2, -0.15) is 0 Å². The molecule has 3 rings (SSSR count). The lowest BCUT2D eigenvalue weighted by Gasteiger charge is -2.36. The lowest BCUT2D eigenvalue weighted by molar-refractivity contribution is -0.156. The Bertz CT molecular complexity index is 674. The number of aromatic nitrogens is 1. The van der Waals surface area contributed by atoms with Gasteiger partial charge in [-0.05, 0) is 6.92 Å². The third-order valence-electron chi connectivity index (χ3n) is 4.31. The van der Waals surface area contributed by atoms with Gasteiger partial charge in [0.1, 0.15) is 18.8 Å². The van der Waals surface area contributed by atoms with Crippen LogP contribution >= 0.6 is 11.3 Å². The molecule has 0 spiro atoms. The second-order valence-corrected chi connectivity index (χ2v) is 7.25. The van der Waals surface area contributed by atoms with Gasteiger partial charge in [0.25, 0.3) is 5.91 Å². The molecule has 130 valence electrons. The third-order valence-corrected chi connectivity index (χ3v) is 5.08. The number of thiazole rings is 1. The van der Waals surface area contributed by atoms with Crippen LogP contribution in [0.2, 0.25) is 0 Å². The molecule has 9 heteroatoms. The van der Waals surface area contributed by atoms with Crippen molar-refractivity contribution in [3.63, 3.8) is 0 Å².